The number of aromatic nitrogens is 1. The molecule has 0 aliphatic carbocycles. The predicted octanol–water partition coefficient (Wildman–Crippen LogP) is 1.53. The first-order valence-electron chi connectivity index (χ1n) is 6.78. The topological polar surface area (TPSA) is 88.5 Å². The molecule has 1 aromatic carbocycles. The minimum atomic E-state index is -3.46. The van der Waals surface area contributed by atoms with Crippen molar-refractivity contribution >= 4 is 21.5 Å². The normalized spacial score (nSPS) is 17.5. The lowest BCUT2D eigenvalue weighted by Crippen LogP contribution is -2.26. The fraction of sp³-hybridized carbons (Fsp3) is 0.133. The first-order valence-corrected chi connectivity index (χ1v) is 8.43. The van der Waals surface area contributed by atoms with E-state index in [-0.39, 0.29) is 28.3 Å². The summed E-state index contributed by atoms with van der Waals surface area (Å²) in [5.74, 6) is -1.22. The smallest absolute Gasteiger partial charge is 0.266 e. The van der Waals surface area contributed by atoms with E-state index >= 15 is 0 Å². The third-order valence-corrected chi connectivity index (χ3v) is 5.15. The Morgan fingerprint density at radius 3 is 2.83 bits per heavy atom. The van der Waals surface area contributed by atoms with E-state index in [4.69, 9.17) is 0 Å². The SMILES string of the molecule is O=C(N/N=C1\CCS(=O)(=O)c2ccc(F)cc21)c1ccccn1. The maximum atomic E-state index is 13.4. The van der Waals surface area contributed by atoms with E-state index in [1.165, 1.54) is 18.3 Å². The van der Waals surface area contributed by atoms with Crippen LogP contribution >= 0.6 is 0 Å². The van der Waals surface area contributed by atoms with Crippen LogP contribution in [0.25, 0.3) is 0 Å². The van der Waals surface area contributed by atoms with E-state index in [9.17, 15) is 17.6 Å². The number of carbonyl (C=O) groups excluding carboxylic acids is 1. The van der Waals surface area contributed by atoms with Crippen LogP contribution in [0.1, 0.15) is 22.5 Å². The zero-order chi connectivity index (χ0) is 16.4. The van der Waals surface area contributed by atoms with Gasteiger partial charge in [0.05, 0.1) is 16.4 Å². The fourth-order valence-electron chi connectivity index (χ4n) is 2.26. The van der Waals surface area contributed by atoms with Crippen LogP contribution in [0.2, 0.25) is 0 Å². The van der Waals surface area contributed by atoms with Gasteiger partial charge in [0.2, 0.25) is 0 Å². The number of nitrogens with zero attached hydrogens (tertiary/aromatic N) is 2. The molecule has 0 atom stereocenters. The number of hydrazone groups is 1. The lowest BCUT2D eigenvalue weighted by atomic mass is 10.1. The van der Waals surface area contributed by atoms with Crippen molar-refractivity contribution in [2.24, 2.45) is 5.10 Å². The highest BCUT2D eigenvalue weighted by molar-refractivity contribution is 7.91. The Hall–Kier alpha value is -2.61. The second-order valence-electron chi connectivity index (χ2n) is 4.92. The summed E-state index contributed by atoms with van der Waals surface area (Å²) in [7, 11) is -3.46. The van der Waals surface area contributed by atoms with Crippen LogP contribution in [0.15, 0.2) is 52.6 Å². The number of nitrogens with one attached hydrogen (secondary N) is 1. The molecule has 8 heteroatoms. The zero-order valence-electron chi connectivity index (χ0n) is 11.9. The van der Waals surface area contributed by atoms with Crippen molar-refractivity contribution in [2.45, 2.75) is 11.3 Å². The molecule has 0 unspecified atom stereocenters. The van der Waals surface area contributed by atoms with Crippen LogP contribution in [0.4, 0.5) is 4.39 Å². The Morgan fingerprint density at radius 1 is 1.26 bits per heavy atom. The minimum Gasteiger partial charge on any atom is -0.266 e. The highest BCUT2D eigenvalue weighted by Gasteiger charge is 2.28. The number of carbonyl (C=O) groups is 1. The Labute approximate surface area is 132 Å². The average Bonchev–Trinajstić information content (AvgIpc) is 2.54. The molecular formula is C15H12FN3O3S. The maximum absolute atomic E-state index is 13.4. The van der Waals surface area contributed by atoms with Crippen LogP contribution in [-0.4, -0.2) is 30.8 Å². The van der Waals surface area contributed by atoms with Gasteiger partial charge in [0, 0.05) is 18.2 Å². The van der Waals surface area contributed by atoms with E-state index < -0.39 is 21.6 Å². The van der Waals surface area contributed by atoms with Gasteiger partial charge < -0.3 is 0 Å². The summed E-state index contributed by atoms with van der Waals surface area (Å²) in [5, 5.41) is 3.95. The summed E-state index contributed by atoms with van der Waals surface area (Å²) in [5.41, 5.74) is 3.00. The molecule has 118 valence electrons. The molecule has 0 fully saturated rings. The molecule has 0 bridgehead atoms. The van der Waals surface area contributed by atoms with E-state index in [0.717, 1.165) is 12.1 Å². The summed E-state index contributed by atoms with van der Waals surface area (Å²) in [6.07, 6.45) is 1.57. The first-order chi connectivity index (χ1) is 11.0. The largest absolute Gasteiger partial charge is 0.289 e. The molecule has 0 saturated carbocycles. The number of fused-ring (bicyclic) bond motifs is 1. The Balaban J connectivity index is 1.92. The summed E-state index contributed by atoms with van der Waals surface area (Å²) < 4.78 is 37.5. The molecule has 1 amide bonds. The van der Waals surface area contributed by atoms with Crippen LogP contribution in [0, 0.1) is 5.82 Å². The molecule has 3 rings (SSSR count). The highest BCUT2D eigenvalue weighted by atomic mass is 32.2. The zero-order valence-corrected chi connectivity index (χ0v) is 12.7. The number of rotatable bonds is 2. The van der Waals surface area contributed by atoms with Crippen molar-refractivity contribution in [2.75, 3.05) is 5.75 Å². The second-order valence-corrected chi connectivity index (χ2v) is 7.00. The molecule has 1 N–H and O–H groups in total. The average molecular weight is 333 g/mol. The number of halogens is 1. The van der Waals surface area contributed by atoms with Crippen molar-refractivity contribution in [3.63, 3.8) is 0 Å². The van der Waals surface area contributed by atoms with Gasteiger partial charge in [0.1, 0.15) is 11.5 Å². The lowest BCUT2D eigenvalue weighted by molar-refractivity contribution is 0.0950. The van der Waals surface area contributed by atoms with Crippen molar-refractivity contribution in [3.05, 3.63) is 59.7 Å². The Morgan fingerprint density at radius 2 is 2.09 bits per heavy atom. The van der Waals surface area contributed by atoms with E-state index in [2.05, 4.69) is 15.5 Å². The van der Waals surface area contributed by atoms with Gasteiger partial charge in [-0.15, -0.1) is 0 Å². The summed E-state index contributed by atoms with van der Waals surface area (Å²) in [6.45, 7) is 0. The Bertz CT molecular complexity index is 895. The van der Waals surface area contributed by atoms with Gasteiger partial charge in [0.25, 0.3) is 5.91 Å². The number of sulfone groups is 1. The van der Waals surface area contributed by atoms with Crippen LogP contribution in [0.5, 0.6) is 0 Å². The number of pyridine rings is 1. The highest BCUT2D eigenvalue weighted by Crippen LogP contribution is 2.26. The van der Waals surface area contributed by atoms with Gasteiger partial charge in [-0.3, -0.25) is 9.78 Å². The molecule has 0 spiro atoms. The van der Waals surface area contributed by atoms with Crippen molar-refractivity contribution < 1.29 is 17.6 Å². The van der Waals surface area contributed by atoms with Crippen molar-refractivity contribution in [1.82, 2.24) is 10.4 Å². The molecule has 2 heterocycles. The molecule has 2 aromatic rings. The third kappa shape index (κ3) is 3.11. The lowest BCUT2D eigenvalue weighted by Gasteiger charge is -2.18. The van der Waals surface area contributed by atoms with Gasteiger partial charge >= 0.3 is 0 Å². The number of amides is 1. The van der Waals surface area contributed by atoms with Gasteiger partial charge in [-0.1, -0.05) is 6.07 Å². The van der Waals surface area contributed by atoms with E-state index in [0.29, 0.717) is 5.71 Å². The first kappa shape index (κ1) is 15.3. The third-order valence-electron chi connectivity index (χ3n) is 3.39. The monoisotopic (exact) mass is 333 g/mol. The molecule has 1 aliphatic heterocycles. The van der Waals surface area contributed by atoms with Gasteiger partial charge in [0.15, 0.2) is 9.84 Å². The molecule has 1 aliphatic rings. The number of hydrogen-bond acceptors (Lipinski definition) is 5. The van der Waals surface area contributed by atoms with Gasteiger partial charge in [-0.2, -0.15) is 5.10 Å². The maximum Gasteiger partial charge on any atom is 0.289 e. The summed E-state index contributed by atoms with van der Waals surface area (Å²) in [4.78, 5) is 15.8. The second kappa shape index (κ2) is 5.88. The standard InChI is InChI=1S/C15H12FN3O3S/c16-10-4-5-14-11(9-10)12(6-8-23(14,21)22)18-19-15(20)13-3-1-2-7-17-13/h1-5,7,9H,6,8H2,(H,19,20)/b18-12+. The molecule has 1 aromatic heterocycles. The van der Waals surface area contributed by atoms with E-state index in [1.54, 1.807) is 12.1 Å². The molecule has 0 radical (unpaired) electrons. The van der Waals surface area contributed by atoms with Gasteiger partial charge in [-0.25, -0.2) is 18.2 Å². The molecule has 23 heavy (non-hydrogen) atoms. The van der Waals surface area contributed by atoms with Crippen LogP contribution in [-0.2, 0) is 9.84 Å². The number of hydrogen-bond donors (Lipinski definition) is 1. The summed E-state index contributed by atoms with van der Waals surface area (Å²) >= 11 is 0. The van der Waals surface area contributed by atoms with Crippen molar-refractivity contribution in [1.29, 1.82) is 0 Å². The van der Waals surface area contributed by atoms with Crippen LogP contribution < -0.4 is 5.43 Å². The number of benzene rings is 1. The molecule has 6 nitrogen and oxygen atoms in total. The molecule has 0 saturated heterocycles. The van der Waals surface area contributed by atoms with Crippen LogP contribution in [0.3, 0.4) is 0 Å². The minimum absolute atomic E-state index is 0.0241. The fourth-order valence-corrected chi connectivity index (χ4v) is 3.73. The van der Waals surface area contributed by atoms with Crippen molar-refractivity contribution in [3.8, 4) is 0 Å². The predicted molar refractivity (Wildman–Crippen MR) is 81.3 cm³/mol. The Kier molecular flexibility index (Phi) is 3.91. The quantitative estimate of drug-likeness (QED) is 0.667. The van der Waals surface area contributed by atoms with E-state index in [1.807, 2.05) is 0 Å². The van der Waals surface area contributed by atoms with Gasteiger partial charge in [-0.05, 0) is 30.3 Å². The molecular weight excluding hydrogens is 321 g/mol. The summed E-state index contributed by atoms with van der Waals surface area (Å²) in [6, 6.07) is 8.27.